The molecule has 310 valence electrons. The quantitative estimate of drug-likeness (QED) is 0.169. The lowest BCUT2D eigenvalue weighted by Gasteiger charge is -2.47. The number of rotatable bonds is 12. The smallest absolute Gasteiger partial charge is 0.416 e. The van der Waals surface area contributed by atoms with E-state index in [0.717, 1.165) is 5.04 Å². The number of hydrogen-bond acceptors (Lipinski definition) is 3. The van der Waals surface area contributed by atoms with Crippen LogP contribution in [0.3, 0.4) is 0 Å². The van der Waals surface area contributed by atoms with Gasteiger partial charge >= 0.3 is 7.47 Å². The first kappa shape index (κ1) is 47.7. The fourth-order valence-electron chi connectivity index (χ4n) is 12.4. The molecule has 0 saturated heterocycles. The first-order chi connectivity index (χ1) is 25.0. The van der Waals surface area contributed by atoms with Gasteiger partial charge in [-0.15, -0.1) is 0 Å². The van der Waals surface area contributed by atoms with Crippen molar-refractivity contribution in [2.45, 2.75) is 175 Å². The van der Waals surface area contributed by atoms with Crippen molar-refractivity contribution >= 4 is 82.5 Å². The minimum absolute atomic E-state index is 0.572. The highest BCUT2D eigenvalue weighted by atomic mass is 32.4. The summed E-state index contributed by atoms with van der Waals surface area (Å²) in [6.45, 7) is 61.8. The number of nitrogens with zero attached hydrogens (tertiary/aromatic N) is 1. The van der Waals surface area contributed by atoms with Crippen LogP contribution in [-0.2, 0) is 4.53 Å². The predicted molar refractivity (Wildman–Crippen MR) is 276 cm³/mol. The molecule has 0 amide bonds. The van der Waals surface area contributed by atoms with Gasteiger partial charge in [0.2, 0.25) is 0 Å². The van der Waals surface area contributed by atoms with Crippen LogP contribution in [0.25, 0.3) is 0 Å². The summed E-state index contributed by atoms with van der Waals surface area (Å²) in [6.07, 6.45) is 0. The molecule has 0 bridgehead atoms. The van der Waals surface area contributed by atoms with Crippen LogP contribution >= 0.6 is 11.2 Å². The lowest BCUT2D eigenvalue weighted by molar-refractivity contribution is 0.360. The van der Waals surface area contributed by atoms with Gasteiger partial charge in [-0.3, -0.25) is 0 Å². The van der Waals surface area contributed by atoms with Gasteiger partial charge in [-0.25, -0.2) is 0 Å². The van der Waals surface area contributed by atoms with Gasteiger partial charge in [0.15, 0.2) is 0 Å². The predicted octanol–water partition coefficient (Wildman–Crippen LogP) is 13.7. The van der Waals surface area contributed by atoms with Crippen molar-refractivity contribution in [3.63, 3.8) is 0 Å². The van der Waals surface area contributed by atoms with E-state index < -0.39 is 55.9 Å². The Kier molecular flexibility index (Phi) is 13.4. The van der Waals surface area contributed by atoms with Crippen molar-refractivity contribution in [1.29, 1.82) is 0 Å². The maximum atomic E-state index is 7.66. The fraction of sp³-hybridized carbons (Fsp3) is 0.587. The van der Waals surface area contributed by atoms with Crippen molar-refractivity contribution in [1.82, 2.24) is 0 Å². The largest absolute Gasteiger partial charge is 0.429 e. The molecule has 0 radical (unpaired) electrons. The molecule has 0 N–H and O–H groups in total. The Hall–Kier alpha value is -1.00. The van der Waals surface area contributed by atoms with Gasteiger partial charge < -0.3 is 4.53 Å². The molecule has 3 aromatic carbocycles. The highest BCUT2D eigenvalue weighted by molar-refractivity contribution is 8.41. The van der Waals surface area contributed by atoms with Gasteiger partial charge in [-0.2, -0.15) is 0 Å². The third kappa shape index (κ3) is 9.63. The normalized spacial score (nSPS) is 17.7. The van der Waals surface area contributed by atoms with Crippen LogP contribution in [0.1, 0.15) is 71.1 Å². The van der Waals surface area contributed by atoms with Crippen molar-refractivity contribution in [3.8, 4) is 0 Å². The molecule has 10 heteroatoms. The van der Waals surface area contributed by atoms with Gasteiger partial charge in [0.1, 0.15) is 5.04 Å². The summed E-state index contributed by atoms with van der Waals surface area (Å²) in [5, 5.41) is 11.3. The molecule has 1 atom stereocenters. The molecule has 4 rings (SSSR count). The van der Waals surface area contributed by atoms with E-state index in [-0.39, 0.29) is 0 Å². The molecule has 0 saturated carbocycles. The summed E-state index contributed by atoms with van der Waals surface area (Å²) in [7, 11) is -13.6. The van der Waals surface area contributed by atoms with Crippen molar-refractivity contribution in [2.24, 2.45) is 5.16 Å². The van der Waals surface area contributed by atoms with E-state index in [1.54, 1.807) is 21.9 Å². The number of aryl methyl sites for hydroxylation is 6. The first-order valence-corrected chi connectivity index (χ1v) is 46.2. The van der Waals surface area contributed by atoms with Crippen LogP contribution in [0, 0.1) is 41.5 Å². The van der Waals surface area contributed by atoms with E-state index >= 15 is 0 Å². The molecular formula is C46H81NOSSi7. The Morgan fingerprint density at radius 3 is 1.09 bits per heavy atom. The molecule has 3 aromatic rings. The highest BCUT2D eigenvalue weighted by Crippen LogP contribution is 2.48. The fourth-order valence-corrected chi connectivity index (χ4v) is 59.0. The Balaban J connectivity index is 2.44. The standard InChI is InChI=1S/C46H81NOSSi7/c1-31-25-33(3)40(34(4)26-31)43-47-48-56(49-43,41-35(5)27-32(2)28-36(41)6)42-38(45(52(13,14)15)53(16,17)18)29-37(44(50(7,8)9)51(10,11)12)30-39(42)46(54(19,20)21)55(22,23)24/h25-30,44-46H,1-24H3. The zero-order valence-corrected chi connectivity index (χ0v) is 48.3. The Bertz CT molecular complexity index is 1860. The van der Waals surface area contributed by atoms with E-state index in [0.29, 0.717) is 15.5 Å². The maximum Gasteiger partial charge on any atom is 0.416 e. The molecule has 0 fully saturated rings. The number of hydrogen-bond donors (Lipinski definition) is 0. The molecule has 2 nitrogen and oxygen atoms in total. The molecule has 1 unspecified atom stereocenters. The van der Waals surface area contributed by atoms with Crippen LogP contribution in [-0.4, -0.2) is 61.0 Å². The Labute approximate surface area is 356 Å². The van der Waals surface area contributed by atoms with E-state index in [2.05, 4.69) is 207 Å². The second-order valence-corrected chi connectivity index (χ2v) is 63.3. The third-order valence-electron chi connectivity index (χ3n) is 12.1. The Morgan fingerprint density at radius 1 is 0.446 bits per heavy atom. The second kappa shape index (κ2) is 15.8. The summed E-state index contributed by atoms with van der Waals surface area (Å²) in [5.41, 5.74) is 14.3. The van der Waals surface area contributed by atoms with E-state index in [1.165, 1.54) is 44.1 Å². The monoisotopic (exact) mass is 891 g/mol. The van der Waals surface area contributed by atoms with E-state index in [9.17, 15) is 0 Å². The zero-order valence-electron chi connectivity index (χ0n) is 40.5. The van der Waals surface area contributed by atoms with Gasteiger partial charge in [0, 0.05) is 64.4 Å². The van der Waals surface area contributed by atoms with E-state index in [1.807, 2.05) is 0 Å². The average molecular weight is 893 g/mol. The molecule has 0 aliphatic carbocycles. The van der Waals surface area contributed by atoms with Gasteiger partial charge in [-0.05, 0) is 96.0 Å². The van der Waals surface area contributed by atoms with Gasteiger partial charge in [0.25, 0.3) is 0 Å². The topological polar surface area (TPSA) is 21.6 Å². The lowest BCUT2D eigenvalue weighted by Crippen LogP contribution is -2.64. The summed E-state index contributed by atoms with van der Waals surface area (Å²) >= 11 is 2.06. The minimum Gasteiger partial charge on any atom is -0.429 e. The van der Waals surface area contributed by atoms with Crippen LogP contribution in [0.5, 0.6) is 0 Å². The number of benzene rings is 3. The van der Waals surface area contributed by atoms with E-state index in [4.69, 9.17) is 9.68 Å². The van der Waals surface area contributed by atoms with Crippen molar-refractivity contribution in [3.05, 3.63) is 92.0 Å². The summed E-state index contributed by atoms with van der Waals surface area (Å²) in [6, 6.07) is 15.3. The molecule has 1 aliphatic heterocycles. The Morgan fingerprint density at radius 2 is 0.768 bits per heavy atom. The van der Waals surface area contributed by atoms with Gasteiger partial charge in [0.05, 0.1) is 0 Å². The first-order valence-electron chi connectivity index (χ1n) is 21.3. The minimum atomic E-state index is -3.16. The summed E-state index contributed by atoms with van der Waals surface area (Å²) in [5.74, 6) is 0. The molecule has 0 spiro atoms. The zero-order chi connectivity index (χ0) is 43.1. The highest BCUT2D eigenvalue weighted by Gasteiger charge is 2.58. The summed E-state index contributed by atoms with van der Waals surface area (Å²) < 4.78 is 7.66. The molecule has 1 heterocycles. The SMILES string of the molecule is Cc1cc(C)c(C2=NO[Si](c3c(C)cc(C)cc3C)(c3c(C([Si](C)(C)C)[Si](C)(C)C)cc(C([Si](C)(C)C)[Si](C)(C)C)cc3C([Si](C)(C)C)[Si](C)(C)C)S2)c(C)c1. The van der Waals surface area contributed by atoms with Crippen LogP contribution in [0.2, 0.25) is 118 Å². The van der Waals surface area contributed by atoms with Crippen molar-refractivity contribution in [2.75, 3.05) is 0 Å². The maximum absolute atomic E-state index is 7.66. The molecule has 56 heavy (non-hydrogen) atoms. The molecular weight excluding hydrogens is 811 g/mol. The molecule has 0 aromatic heterocycles. The summed E-state index contributed by atoms with van der Waals surface area (Å²) in [4.78, 5) is 0. The lowest BCUT2D eigenvalue weighted by atomic mass is 10.0. The number of oxime groups is 1. The van der Waals surface area contributed by atoms with Crippen LogP contribution < -0.4 is 10.4 Å². The van der Waals surface area contributed by atoms with Crippen LogP contribution in [0.4, 0.5) is 0 Å². The van der Waals surface area contributed by atoms with Gasteiger partial charge in [-0.1, -0.05) is 182 Å². The molecule has 1 aliphatic rings. The average Bonchev–Trinajstić information content (AvgIpc) is 3.31. The second-order valence-electron chi connectivity index (χ2n) is 24.3. The third-order valence-corrected chi connectivity index (χ3v) is 46.7. The van der Waals surface area contributed by atoms with Crippen molar-refractivity contribution < 1.29 is 4.53 Å². The van der Waals surface area contributed by atoms with Crippen LogP contribution in [0.15, 0.2) is 41.6 Å².